The van der Waals surface area contributed by atoms with Crippen LogP contribution in [0.4, 0.5) is 0 Å². The molecule has 2 fully saturated rings. The van der Waals surface area contributed by atoms with E-state index in [2.05, 4.69) is 21.2 Å². The van der Waals surface area contributed by atoms with Gasteiger partial charge in [0.15, 0.2) is 0 Å². The highest BCUT2D eigenvalue weighted by Gasteiger charge is 2.43. The molecule has 0 unspecified atom stereocenters. The van der Waals surface area contributed by atoms with Gasteiger partial charge in [0.05, 0.1) is 19.2 Å². The second-order valence-corrected chi connectivity index (χ2v) is 6.25. The van der Waals surface area contributed by atoms with Crippen molar-refractivity contribution in [3.8, 4) is 6.07 Å². The number of amides is 1. The summed E-state index contributed by atoms with van der Waals surface area (Å²) in [7, 11) is 1.71. The number of rotatable bonds is 7. The Morgan fingerprint density at radius 1 is 1.33 bits per heavy atom. The van der Waals surface area contributed by atoms with Crippen molar-refractivity contribution in [2.24, 2.45) is 5.92 Å². The highest BCUT2D eigenvalue weighted by Crippen LogP contribution is 2.39. The molecular weight excluding hydrogens is 268 g/mol. The first-order chi connectivity index (χ1) is 10.1. The lowest BCUT2D eigenvalue weighted by Crippen LogP contribution is -2.53. The number of carbonyl (C=O) groups is 1. The molecule has 0 spiro atoms. The number of hydrogen-bond acceptors (Lipinski definition) is 5. The summed E-state index contributed by atoms with van der Waals surface area (Å²) in [5, 5.41) is 12.2. The van der Waals surface area contributed by atoms with Gasteiger partial charge in [-0.1, -0.05) is 0 Å². The zero-order valence-electron chi connectivity index (χ0n) is 13.1. The van der Waals surface area contributed by atoms with E-state index in [0.717, 1.165) is 52.2 Å². The molecule has 1 N–H and O–H groups in total. The van der Waals surface area contributed by atoms with Crippen molar-refractivity contribution in [1.82, 2.24) is 15.1 Å². The Labute approximate surface area is 127 Å². The first-order valence-electron chi connectivity index (χ1n) is 7.73. The van der Waals surface area contributed by atoms with Crippen LogP contribution in [0.1, 0.15) is 19.8 Å². The van der Waals surface area contributed by atoms with Crippen molar-refractivity contribution >= 4 is 5.91 Å². The fraction of sp³-hybridized carbons (Fsp3) is 0.867. The van der Waals surface area contributed by atoms with E-state index in [4.69, 9.17) is 4.74 Å². The van der Waals surface area contributed by atoms with Crippen molar-refractivity contribution in [3.05, 3.63) is 0 Å². The van der Waals surface area contributed by atoms with E-state index in [9.17, 15) is 10.1 Å². The van der Waals surface area contributed by atoms with E-state index in [0.29, 0.717) is 12.5 Å². The monoisotopic (exact) mass is 294 g/mol. The number of hydrogen-bond donors (Lipinski definition) is 1. The lowest BCUT2D eigenvalue weighted by atomic mass is 9.98. The summed E-state index contributed by atoms with van der Waals surface area (Å²) in [6.45, 7) is 7.65. The minimum absolute atomic E-state index is 0.0312. The van der Waals surface area contributed by atoms with Gasteiger partial charge in [-0.05, 0) is 25.7 Å². The predicted octanol–water partition coefficient (Wildman–Crippen LogP) is 0.0589. The van der Waals surface area contributed by atoms with Gasteiger partial charge in [-0.15, -0.1) is 0 Å². The summed E-state index contributed by atoms with van der Waals surface area (Å²) in [5.74, 6) is 0.300. The lowest BCUT2D eigenvalue weighted by Gasteiger charge is -2.34. The Morgan fingerprint density at radius 2 is 1.95 bits per heavy atom. The summed E-state index contributed by atoms with van der Waals surface area (Å²) in [5.41, 5.74) is -0.683. The van der Waals surface area contributed by atoms with Gasteiger partial charge < -0.3 is 10.1 Å². The van der Waals surface area contributed by atoms with Crippen LogP contribution < -0.4 is 5.32 Å². The third kappa shape index (κ3) is 4.67. The highest BCUT2D eigenvalue weighted by atomic mass is 16.5. The fourth-order valence-electron chi connectivity index (χ4n) is 2.81. The van der Waals surface area contributed by atoms with Crippen LogP contribution in [0.5, 0.6) is 0 Å². The minimum atomic E-state index is -0.683. The van der Waals surface area contributed by atoms with E-state index in [1.807, 2.05) is 6.92 Å². The molecule has 1 aliphatic heterocycles. The van der Waals surface area contributed by atoms with Gasteiger partial charge in [-0.25, -0.2) is 0 Å². The molecule has 1 saturated carbocycles. The van der Waals surface area contributed by atoms with Crippen molar-refractivity contribution in [2.75, 3.05) is 53.0 Å². The SMILES string of the molecule is COCCN1CCN(CC(=O)N[C@@](C)(C#N)C2CC2)CC1. The molecular formula is C15H26N4O2. The van der Waals surface area contributed by atoms with Gasteiger partial charge >= 0.3 is 0 Å². The number of nitriles is 1. The maximum atomic E-state index is 12.1. The molecule has 0 radical (unpaired) electrons. The molecule has 2 aliphatic rings. The Bertz CT molecular complexity index is 397. The molecule has 0 bridgehead atoms. The van der Waals surface area contributed by atoms with Crippen LogP contribution in [0.25, 0.3) is 0 Å². The number of nitrogens with one attached hydrogen (secondary N) is 1. The number of methoxy groups -OCH3 is 1. The minimum Gasteiger partial charge on any atom is -0.383 e. The molecule has 118 valence electrons. The highest BCUT2D eigenvalue weighted by molar-refractivity contribution is 5.79. The quantitative estimate of drug-likeness (QED) is 0.719. The first-order valence-corrected chi connectivity index (χ1v) is 7.73. The molecule has 1 amide bonds. The number of nitrogens with zero attached hydrogens (tertiary/aromatic N) is 3. The Hall–Kier alpha value is -1.16. The fourth-order valence-corrected chi connectivity index (χ4v) is 2.81. The van der Waals surface area contributed by atoms with Crippen LogP contribution in [-0.2, 0) is 9.53 Å². The largest absolute Gasteiger partial charge is 0.383 e. The topological polar surface area (TPSA) is 68.6 Å². The molecule has 21 heavy (non-hydrogen) atoms. The maximum absolute atomic E-state index is 12.1. The van der Waals surface area contributed by atoms with Crippen molar-refractivity contribution in [1.29, 1.82) is 5.26 Å². The van der Waals surface area contributed by atoms with Crippen LogP contribution in [0.3, 0.4) is 0 Å². The summed E-state index contributed by atoms with van der Waals surface area (Å²) in [4.78, 5) is 16.6. The van der Waals surface area contributed by atoms with E-state index in [1.165, 1.54) is 0 Å². The summed E-state index contributed by atoms with van der Waals surface area (Å²) in [6.07, 6.45) is 2.09. The van der Waals surface area contributed by atoms with Gasteiger partial charge in [0.1, 0.15) is 5.54 Å². The molecule has 2 rings (SSSR count). The number of ether oxygens (including phenoxy) is 1. The van der Waals surface area contributed by atoms with E-state index >= 15 is 0 Å². The molecule has 1 saturated heterocycles. The summed E-state index contributed by atoms with van der Waals surface area (Å²) >= 11 is 0. The average Bonchev–Trinajstić information content (AvgIpc) is 3.31. The lowest BCUT2D eigenvalue weighted by molar-refractivity contribution is -0.124. The van der Waals surface area contributed by atoms with Gasteiger partial charge in [0, 0.05) is 39.8 Å². The van der Waals surface area contributed by atoms with Crippen LogP contribution in [0.2, 0.25) is 0 Å². The Balaban J connectivity index is 1.71. The average molecular weight is 294 g/mol. The standard InChI is InChI=1S/C15H26N4O2/c1-15(12-16,13-3-4-13)17-14(20)11-19-7-5-18(6-8-19)9-10-21-2/h13H,3-11H2,1-2H3,(H,17,20)/t15-/m0/s1. The predicted molar refractivity (Wildman–Crippen MR) is 79.6 cm³/mol. The van der Waals surface area contributed by atoms with Crippen LogP contribution in [-0.4, -0.2) is 74.2 Å². The molecule has 1 aliphatic carbocycles. The smallest absolute Gasteiger partial charge is 0.235 e. The third-order valence-electron chi connectivity index (χ3n) is 4.47. The maximum Gasteiger partial charge on any atom is 0.235 e. The van der Waals surface area contributed by atoms with Gasteiger partial charge in [-0.2, -0.15) is 5.26 Å². The molecule has 0 aromatic heterocycles. The number of piperazine rings is 1. The third-order valence-corrected chi connectivity index (χ3v) is 4.47. The zero-order valence-corrected chi connectivity index (χ0v) is 13.1. The van der Waals surface area contributed by atoms with Crippen molar-refractivity contribution < 1.29 is 9.53 Å². The molecule has 6 nitrogen and oxygen atoms in total. The first kappa shape index (κ1) is 16.2. The van der Waals surface area contributed by atoms with Crippen LogP contribution >= 0.6 is 0 Å². The Kier molecular flexibility index (Phi) is 5.57. The van der Waals surface area contributed by atoms with E-state index in [-0.39, 0.29) is 5.91 Å². The summed E-state index contributed by atoms with van der Waals surface area (Å²) in [6, 6.07) is 2.27. The van der Waals surface area contributed by atoms with Gasteiger partial charge in [0.25, 0.3) is 0 Å². The normalized spacial score (nSPS) is 23.3. The molecule has 6 heteroatoms. The summed E-state index contributed by atoms with van der Waals surface area (Å²) < 4.78 is 5.08. The number of carbonyl (C=O) groups excluding carboxylic acids is 1. The van der Waals surface area contributed by atoms with Gasteiger partial charge in [0.2, 0.25) is 5.91 Å². The zero-order chi connectivity index (χ0) is 15.3. The van der Waals surface area contributed by atoms with Gasteiger partial charge in [-0.3, -0.25) is 14.6 Å². The Morgan fingerprint density at radius 3 is 2.48 bits per heavy atom. The van der Waals surface area contributed by atoms with Crippen LogP contribution in [0, 0.1) is 17.2 Å². The molecule has 0 aromatic rings. The molecule has 0 aromatic carbocycles. The molecule has 1 heterocycles. The molecule has 1 atom stereocenters. The second kappa shape index (κ2) is 7.21. The van der Waals surface area contributed by atoms with Crippen LogP contribution in [0.15, 0.2) is 0 Å². The second-order valence-electron chi connectivity index (χ2n) is 6.25. The van der Waals surface area contributed by atoms with Crippen molar-refractivity contribution in [3.63, 3.8) is 0 Å². The van der Waals surface area contributed by atoms with E-state index < -0.39 is 5.54 Å². The van der Waals surface area contributed by atoms with E-state index in [1.54, 1.807) is 7.11 Å². The van der Waals surface area contributed by atoms with Crippen molar-refractivity contribution in [2.45, 2.75) is 25.3 Å².